The topological polar surface area (TPSA) is 62.3 Å². The van der Waals surface area contributed by atoms with Crippen molar-refractivity contribution in [1.82, 2.24) is 9.88 Å². The molecule has 1 aliphatic rings. The van der Waals surface area contributed by atoms with E-state index in [2.05, 4.69) is 10.3 Å². The van der Waals surface area contributed by atoms with E-state index in [1.807, 2.05) is 60.7 Å². The minimum Gasteiger partial charge on any atom is -0.327 e. The highest BCUT2D eigenvalue weighted by atomic mass is 16.2. The van der Waals surface area contributed by atoms with E-state index >= 15 is 0 Å². The van der Waals surface area contributed by atoms with Gasteiger partial charge >= 0.3 is 0 Å². The molecule has 0 aliphatic carbocycles. The molecule has 5 nitrogen and oxygen atoms in total. The van der Waals surface area contributed by atoms with E-state index in [4.69, 9.17) is 0 Å². The van der Waals surface area contributed by atoms with Gasteiger partial charge in [0.2, 0.25) is 5.91 Å². The van der Waals surface area contributed by atoms with Crippen molar-refractivity contribution in [3.05, 3.63) is 95.7 Å². The molecule has 134 valence electrons. The third-order valence-electron chi connectivity index (χ3n) is 4.72. The van der Waals surface area contributed by atoms with E-state index < -0.39 is 0 Å². The Hall–Kier alpha value is -3.47. The molecule has 4 rings (SSSR count). The lowest BCUT2D eigenvalue weighted by atomic mass is 10.0. The summed E-state index contributed by atoms with van der Waals surface area (Å²) >= 11 is 0. The quantitative estimate of drug-likeness (QED) is 0.755. The number of hydrogen-bond donors (Lipinski definition) is 1. The van der Waals surface area contributed by atoms with Crippen molar-refractivity contribution in [2.24, 2.45) is 0 Å². The molecule has 27 heavy (non-hydrogen) atoms. The molecule has 0 spiro atoms. The van der Waals surface area contributed by atoms with Crippen molar-refractivity contribution in [2.75, 3.05) is 5.32 Å². The second-order valence-electron chi connectivity index (χ2n) is 6.48. The molecule has 0 fully saturated rings. The molecule has 0 saturated carbocycles. The van der Waals surface area contributed by atoms with Gasteiger partial charge in [-0.25, -0.2) is 4.98 Å². The number of pyridine rings is 1. The van der Waals surface area contributed by atoms with Gasteiger partial charge in [0, 0.05) is 18.3 Å². The summed E-state index contributed by atoms with van der Waals surface area (Å²) in [6, 6.07) is 22.3. The number of nitrogens with zero attached hydrogens (tertiary/aromatic N) is 2. The van der Waals surface area contributed by atoms with Gasteiger partial charge in [0.1, 0.15) is 5.82 Å². The average molecular weight is 357 g/mol. The van der Waals surface area contributed by atoms with Gasteiger partial charge in [-0.2, -0.15) is 0 Å². The molecule has 2 aromatic carbocycles. The lowest BCUT2D eigenvalue weighted by Gasteiger charge is -2.28. The second kappa shape index (κ2) is 7.41. The standard InChI is InChI=1S/C22H19N3O2/c26-21(24-20-12-6-7-13-23-20)14-19(16-8-2-1-3-9-16)25-15-17-10-4-5-11-18(17)22(25)27/h1-13,19H,14-15H2,(H,23,24,26). The second-order valence-corrected chi connectivity index (χ2v) is 6.48. The van der Waals surface area contributed by atoms with E-state index in [0.717, 1.165) is 11.1 Å². The van der Waals surface area contributed by atoms with E-state index in [1.165, 1.54) is 0 Å². The predicted octanol–water partition coefficient (Wildman–Crippen LogP) is 3.81. The molecule has 0 radical (unpaired) electrons. The van der Waals surface area contributed by atoms with Crippen molar-refractivity contribution in [2.45, 2.75) is 19.0 Å². The molecule has 3 aromatic rings. The summed E-state index contributed by atoms with van der Waals surface area (Å²) in [6.07, 6.45) is 1.80. The Morgan fingerprint density at radius 1 is 1.00 bits per heavy atom. The molecule has 2 heterocycles. The molecule has 2 amide bonds. The van der Waals surface area contributed by atoms with Gasteiger partial charge in [-0.15, -0.1) is 0 Å². The van der Waals surface area contributed by atoms with Crippen molar-refractivity contribution >= 4 is 17.6 Å². The van der Waals surface area contributed by atoms with Crippen LogP contribution in [0.2, 0.25) is 0 Å². The number of amides is 2. The van der Waals surface area contributed by atoms with Gasteiger partial charge in [0.15, 0.2) is 0 Å². The smallest absolute Gasteiger partial charge is 0.255 e. The van der Waals surface area contributed by atoms with E-state index in [0.29, 0.717) is 17.9 Å². The molecule has 1 unspecified atom stereocenters. The fraction of sp³-hybridized carbons (Fsp3) is 0.136. The van der Waals surface area contributed by atoms with Crippen LogP contribution in [0.1, 0.15) is 33.9 Å². The molecule has 1 N–H and O–H groups in total. The fourth-order valence-corrected chi connectivity index (χ4v) is 3.42. The number of benzene rings is 2. The summed E-state index contributed by atoms with van der Waals surface area (Å²) in [7, 11) is 0. The first kappa shape index (κ1) is 17.0. The molecule has 1 atom stereocenters. The minimum atomic E-state index is -0.338. The highest BCUT2D eigenvalue weighted by Gasteiger charge is 2.34. The molecular formula is C22H19N3O2. The summed E-state index contributed by atoms with van der Waals surface area (Å²) < 4.78 is 0. The van der Waals surface area contributed by atoms with Gasteiger partial charge in [-0.05, 0) is 29.3 Å². The Balaban J connectivity index is 1.59. The van der Waals surface area contributed by atoms with Crippen molar-refractivity contribution < 1.29 is 9.59 Å². The van der Waals surface area contributed by atoms with Crippen LogP contribution in [-0.4, -0.2) is 21.7 Å². The number of carbonyl (C=O) groups is 2. The first-order chi connectivity index (χ1) is 13.2. The molecule has 1 aromatic heterocycles. The zero-order valence-electron chi connectivity index (χ0n) is 14.7. The largest absolute Gasteiger partial charge is 0.327 e. The number of carbonyl (C=O) groups excluding carboxylic acids is 2. The maximum Gasteiger partial charge on any atom is 0.255 e. The monoisotopic (exact) mass is 357 g/mol. The van der Waals surface area contributed by atoms with Crippen LogP contribution in [0.25, 0.3) is 0 Å². The van der Waals surface area contributed by atoms with Crippen LogP contribution < -0.4 is 5.32 Å². The molecule has 0 saturated heterocycles. The fourth-order valence-electron chi connectivity index (χ4n) is 3.42. The van der Waals surface area contributed by atoms with Gasteiger partial charge in [-0.3, -0.25) is 9.59 Å². The third-order valence-corrected chi connectivity index (χ3v) is 4.72. The maximum atomic E-state index is 12.9. The summed E-state index contributed by atoms with van der Waals surface area (Å²) in [5.41, 5.74) is 2.65. The van der Waals surface area contributed by atoms with E-state index in [-0.39, 0.29) is 24.3 Å². The van der Waals surface area contributed by atoms with Crippen molar-refractivity contribution in [3.63, 3.8) is 0 Å². The Morgan fingerprint density at radius 2 is 1.74 bits per heavy atom. The number of fused-ring (bicyclic) bond motifs is 1. The van der Waals surface area contributed by atoms with Crippen LogP contribution in [-0.2, 0) is 11.3 Å². The van der Waals surface area contributed by atoms with E-state index in [9.17, 15) is 9.59 Å². The van der Waals surface area contributed by atoms with Gasteiger partial charge in [-0.1, -0.05) is 54.6 Å². The van der Waals surface area contributed by atoms with Crippen LogP contribution in [0.5, 0.6) is 0 Å². The number of hydrogen-bond acceptors (Lipinski definition) is 3. The first-order valence-electron chi connectivity index (χ1n) is 8.87. The van der Waals surface area contributed by atoms with Gasteiger partial charge < -0.3 is 10.2 Å². The summed E-state index contributed by atoms with van der Waals surface area (Å²) in [4.78, 5) is 31.5. The maximum absolute atomic E-state index is 12.9. The Morgan fingerprint density at radius 3 is 2.48 bits per heavy atom. The first-order valence-corrected chi connectivity index (χ1v) is 8.87. The Labute approximate surface area is 157 Å². The number of anilines is 1. The molecule has 0 bridgehead atoms. The van der Waals surface area contributed by atoms with Crippen LogP contribution in [0.4, 0.5) is 5.82 Å². The Bertz CT molecular complexity index is 958. The van der Waals surface area contributed by atoms with Crippen molar-refractivity contribution in [3.8, 4) is 0 Å². The zero-order chi connectivity index (χ0) is 18.6. The van der Waals surface area contributed by atoms with Crippen LogP contribution in [0.15, 0.2) is 79.0 Å². The lowest BCUT2D eigenvalue weighted by molar-refractivity contribution is -0.117. The van der Waals surface area contributed by atoms with Crippen LogP contribution in [0.3, 0.4) is 0 Å². The average Bonchev–Trinajstić information content (AvgIpc) is 3.04. The zero-order valence-corrected chi connectivity index (χ0v) is 14.7. The normalized spacial score (nSPS) is 13.9. The summed E-state index contributed by atoms with van der Waals surface area (Å²) in [5.74, 6) is 0.293. The van der Waals surface area contributed by atoms with Gasteiger partial charge in [0.05, 0.1) is 12.5 Å². The molecule has 5 heteroatoms. The predicted molar refractivity (Wildman–Crippen MR) is 103 cm³/mol. The number of rotatable bonds is 5. The lowest BCUT2D eigenvalue weighted by Crippen LogP contribution is -2.32. The SMILES string of the molecule is O=C(CC(c1ccccc1)N1Cc2ccccc2C1=O)Nc1ccccn1. The number of aromatic nitrogens is 1. The van der Waals surface area contributed by atoms with E-state index in [1.54, 1.807) is 23.2 Å². The van der Waals surface area contributed by atoms with Gasteiger partial charge in [0.25, 0.3) is 5.91 Å². The third kappa shape index (κ3) is 3.58. The van der Waals surface area contributed by atoms with Crippen LogP contribution in [0, 0.1) is 0 Å². The molecular weight excluding hydrogens is 338 g/mol. The highest BCUT2D eigenvalue weighted by Crippen LogP contribution is 2.33. The summed E-state index contributed by atoms with van der Waals surface area (Å²) in [5, 5.41) is 2.81. The van der Waals surface area contributed by atoms with Crippen LogP contribution >= 0.6 is 0 Å². The molecule has 1 aliphatic heterocycles. The summed E-state index contributed by atoms with van der Waals surface area (Å²) in [6.45, 7) is 0.505. The minimum absolute atomic E-state index is 0.0370. The van der Waals surface area contributed by atoms with Crippen molar-refractivity contribution in [1.29, 1.82) is 0 Å². The highest BCUT2D eigenvalue weighted by molar-refractivity contribution is 5.99. The Kier molecular flexibility index (Phi) is 4.66. The number of nitrogens with one attached hydrogen (secondary N) is 1.